The molecular weight excluding hydrogens is 360 g/mol. The summed E-state index contributed by atoms with van der Waals surface area (Å²) in [4.78, 5) is 27.7. The van der Waals surface area contributed by atoms with E-state index in [1.165, 1.54) is 4.88 Å². The number of nitrogens with zero attached hydrogens (tertiary/aromatic N) is 1. The highest BCUT2D eigenvalue weighted by molar-refractivity contribution is 7.13. The Morgan fingerprint density at radius 3 is 2.59 bits per heavy atom. The molecule has 0 unspecified atom stereocenters. The van der Waals surface area contributed by atoms with Gasteiger partial charge in [-0.1, -0.05) is 44.2 Å². The fourth-order valence-corrected chi connectivity index (χ4v) is 4.11. The van der Waals surface area contributed by atoms with Crippen LogP contribution in [0.1, 0.15) is 25.8 Å². The van der Waals surface area contributed by atoms with Gasteiger partial charge in [0.25, 0.3) is 5.91 Å². The van der Waals surface area contributed by atoms with E-state index in [0.29, 0.717) is 26.0 Å². The van der Waals surface area contributed by atoms with Crippen molar-refractivity contribution < 1.29 is 14.3 Å². The molecule has 0 bridgehead atoms. The first-order chi connectivity index (χ1) is 12.9. The van der Waals surface area contributed by atoms with Gasteiger partial charge in [-0.25, -0.2) is 0 Å². The van der Waals surface area contributed by atoms with Crippen LogP contribution in [0.5, 0.6) is 0 Å². The molecule has 1 aromatic heterocycles. The van der Waals surface area contributed by atoms with E-state index in [0.717, 1.165) is 11.1 Å². The maximum absolute atomic E-state index is 12.5. The molecule has 1 saturated heterocycles. The molecule has 0 aliphatic carbocycles. The quantitative estimate of drug-likeness (QED) is 0.829. The molecule has 0 saturated carbocycles. The lowest BCUT2D eigenvalue weighted by Crippen LogP contribution is -2.61. The van der Waals surface area contributed by atoms with Gasteiger partial charge in [-0.15, -0.1) is 11.3 Å². The van der Waals surface area contributed by atoms with Gasteiger partial charge in [-0.3, -0.25) is 9.59 Å². The number of rotatable bonds is 6. The second-order valence-electron chi connectivity index (χ2n) is 7.47. The molecule has 144 valence electrons. The highest BCUT2D eigenvalue weighted by atomic mass is 32.1. The normalized spacial score (nSPS) is 20.0. The van der Waals surface area contributed by atoms with Crippen LogP contribution in [-0.4, -0.2) is 42.0 Å². The van der Waals surface area contributed by atoms with Crippen LogP contribution < -0.4 is 5.73 Å². The van der Waals surface area contributed by atoms with Crippen LogP contribution in [0.4, 0.5) is 0 Å². The topological polar surface area (TPSA) is 72.6 Å². The predicted molar refractivity (Wildman–Crippen MR) is 107 cm³/mol. The lowest BCUT2D eigenvalue weighted by molar-refractivity contribution is -0.163. The van der Waals surface area contributed by atoms with Crippen LogP contribution in [0.2, 0.25) is 0 Å². The number of nitrogens with two attached hydrogens (primary N) is 1. The average Bonchev–Trinajstić information content (AvgIpc) is 3.16. The molecule has 2 amide bonds. The zero-order valence-electron chi connectivity index (χ0n) is 15.8. The van der Waals surface area contributed by atoms with Crippen LogP contribution in [0.15, 0.2) is 41.8 Å². The van der Waals surface area contributed by atoms with Crippen molar-refractivity contribution in [3.05, 3.63) is 47.3 Å². The Labute approximate surface area is 164 Å². The monoisotopic (exact) mass is 386 g/mol. The minimum atomic E-state index is -1.17. The minimum absolute atomic E-state index is 0.0481. The molecule has 1 fully saturated rings. The molecule has 3 rings (SSSR count). The van der Waals surface area contributed by atoms with Gasteiger partial charge in [0.2, 0.25) is 5.91 Å². The average molecular weight is 387 g/mol. The molecule has 6 heteroatoms. The SMILES string of the molecule is CC(C)CC(=O)N1CCO[C@](Cc2ccc(-c3cccs3)cc2)(C(N)=O)C1. The molecule has 0 radical (unpaired) electrons. The Bertz CT molecular complexity index is 786. The number of amides is 2. The van der Waals surface area contributed by atoms with Crippen molar-refractivity contribution in [3.8, 4) is 10.4 Å². The van der Waals surface area contributed by atoms with Gasteiger partial charge in [0.05, 0.1) is 13.2 Å². The molecule has 1 aromatic carbocycles. The number of hydrogen-bond donors (Lipinski definition) is 1. The molecule has 2 aromatic rings. The maximum Gasteiger partial charge on any atom is 0.251 e. The highest BCUT2D eigenvalue weighted by Gasteiger charge is 2.43. The summed E-state index contributed by atoms with van der Waals surface area (Å²) in [6, 6.07) is 12.2. The third kappa shape index (κ3) is 4.57. The summed E-state index contributed by atoms with van der Waals surface area (Å²) in [7, 11) is 0. The molecule has 1 atom stereocenters. The van der Waals surface area contributed by atoms with Crippen molar-refractivity contribution in [2.24, 2.45) is 11.7 Å². The summed E-state index contributed by atoms with van der Waals surface area (Å²) < 4.78 is 5.85. The van der Waals surface area contributed by atoms with Crippen molar-refractivity contribution in [3.63, 3.8) is 0 Å². The summed E-state index contributed by atoms with van der Waals surface area (Å²) >= 11 is 1.69. The van der Waals surface area contributed by atoms with Gasteiger partial charge < -0.3 is 15.4 Å². The number of ether oxygens (including phenoxy) is 1. The van der Waals surface area contributed by atoms with Crippen molar-refractivity contribution in [1.29, 1.82) is 0 Å². The fraction of sp³-hybridized carbons (Fsp3) is 0.429. The lowest BCUT2D eigenvalue weighted by atomic mass is 9.90. The van der Waals surface area contributed by atoms with Gasteiger partial charge in [0.1, 0.15) is 0 Å². The van der Waals surface area contributed by atoms with Crippen LogP contribution >= 0.6 is 11.3 Å². The smallest absolute Gasteiger partial charge is 0.251 e. The van der Waals surface area contributed by atoms with Crippen molar-refractivity contribution >= 4 is 23.2 Å². The maximum atomic E-state index is 12.5. The summed E-state index contributed by atoms with van der Waals surface area (Å²) in [5.74, 6) is -0.202. The molecule has 27 heavy (non-hydrogen) atoms. The Morgan fingerprint density at radius 2 is 2.00 bits per heavy atom. The van der Waals surface area contributed by atoms with E-state index in [1.54, 1.807) is 16.2 Å². The second-order valence-corrected chi connectivity index (χ2v) is 8.42. The first-order valence-electron chi connectivity index (χ1n) is 9.24. The Balaban J connectivity index is 1.76. The number of thiophene rings is 1. The van der Waals surface area contributed by atoms with Crippen LogP contribution in [0.3, 0.4) is 0 Å². The summed E-state index contributed by atoms with van der Waals surface area (Å²) in [6.45, 7) is 5.04. The van der Waals surface area contributed by atoms with Crippen LogP contribution in [-0.2, 0) is 20.7 Å². The number of morpholine rings is 1. The van der Waals surface area contributed by atoms with E-state index in [4.69, 9.17) is 10.5 Å². The van der Waals surface area contributed by atoms with E-state index in [-0.39, 0.29) is 18.4 Å². The predicted octanol–water partition coefficient (Wildman–Crippen LogP) is 3.09. The number of carbonyl (C=O) groups excluding carboxylic acids is 2. The lowest BCUT2D eigenvalue weighted by Gasteiger charge is -2.41. The summed E-state index contributed by atoms with van der Waals surface area (Å²) in [5, 5.41) is 2.05. The van der Waals surface area contributed by atoms with E-state index < -0.39 is 11.5 Å². The van der Waals surface area contributed by atoms with E-state index in [2.05, 4.69) is 6.07 Å². The van der Waals surface area contributed by atoms with E-state index >= 15 is 0 Å². The minimum Gasteiger partial charge on any atom is -0.367 e. The van der Waals surface area contributed by atoms with Crippen molar-refractivity contribution in [2.75, 3.05) is 19.7 Å². The van der Waals surface area contributed by atoms with E-state index in [1.807, 2.05) is 49.6 Å². The standard InChI is InChI=1S/C21H26N2O3S/c1-15(2)12-19(24)23-9-10-26-21(14-23,20(22)25)13-16-5-7-17(8-6-16)18-4-3-11-27-18/h3-8,11,15H,9-10,12-14H2,1-2H3,(H2,22,25)/t21-/m0/s1. The molecule has 2 heterocycles. The summed E-state index contributed by atoms with van der Waals surface area (Å²) in [5.41, 5.74) is 6.65. The first kappa shape index (κ1) is 19.6. The molecule has 5 nitrogen and oxygen atoms in total. The number of benzene rings is 1. The zero-order chi connectivity index (χ0) is 19.4. The number of carbonyl (C=O) groups is 2. The van der Waals surface area contributed by atoms with Gasteiger partial charge in [0.15, 0.2) is 5.60 Å². The largest absolute Gasteiger partial charge is 0.367 e. The number of hydrogen-bond acceptors (Lipinski definition) is 4. The second kappa shape index (κ2) is 8.23. The van der Waals surface area contributed by atoms with Crippen molar-refractivity contribution in [2.45, 2.75) is 32.3 Å². The molecule has 1 aliphatic heterocycles. The number of primary amides is 1. The van der Waals surface area contributed by atoms with Gasteiger partial charge in [-0.05, 0) is 28.5 Å². The zero-order valence-corrected chi connectivity index (χ0v) is 16.6. The molecule has 1 aliphatic rings. The van der Waals surface area contributed by atoms with Crippen molar-refractivity contribution in [1.82, 2.24) is 4.90 Å². The Kier molecular flexibility index (Phi) is 5.97. The van der Waals surface area contributed by atoms with Crippen LogP contribution in [0.25, 0.3) is 10.4 Å². The molecule has 2 N–H and O–H groups in total. The van der Waals surface area contributed by atoms with E-state index in [9.17, 15) is 9.59 Å². The first-order valence-corrected chi connectivity index (χ1v) is 10.1. The van der Waals surface area contributed by atoms with Gasteiger partial charge in [-0.2, -0.15) is 0 Å². The van der Waals surface area contributed by atoms with Gasteiger partial charge in [0, 0.05) is 24.3 Å². The fourth-order valence-electron chi connectivity index (χ4n) is 3.38. The molecule has 0 spiro atoms. The Morgan fingerprint density at radius 1 is 1.26 bits per heavy atom. The highest BCUT2D eigenvalue weighted by Crippen LogP contribution is 2.28. The Hall–Kier alpha value is -2.18. The summed E-state index contributed by atoms with van der Waals surface area (Å²) in [6.07, 6.45) is 0.822. The third-order valence-electron chi connectivity index (χ3n) is 4.82. The molecular formula is C21H26N2O3S. The van der Waals surface area contributed by atoms with Gasteiger partial charge >= 0.3 is 0 Å². The van der Waals surface area contributed by atoms with Crippen LogP contribution in [0, 0.1) is 5.92 Å². The third-order valence-corrected chi connectivity index (χ3v) is 5.74.